The molecule has 0 aliphatic heterocycles. The number of rotatable bonds is 6. The van der Waals surface area contributed by atoms with Gasteiger partial charge in [-0.05, 0) is 24.6 Å². The van der Waals surface area contributed by atoms with Gasteiger partial charge in [0.2, 0.25) is 10.9 Å². The Hall–Kier alpha value is -2.02. The lowest BCUT2D eigenvalue weighted by atomic mass is 10.2. The van der Waals surface area contributed by atoms with E-state index in [2.05, 4.69) is 14.7 Å². The molecule has 1 N–H and O–H groups in total. The van der Waals surface area contributed by atoms with Crippen molar-refractivity contribution in [1.82, 2.24) is 9.36 Å². The quantitative estimate of drug-likeness (QED) is 0.883. The molecular formula is C13H17N3O3S. The van der Waals surface area contributed by atoms with Gasteiger partial charge in [0.05, 0.1) is 21.3 Å². The molecule has 0 spiro atoms. The maximum absolute atomic E-state index is 5.32. The van der Waals surface area contributed by atoms with Crippen molar-refractivity contribution in [3.8, 4) is 17.2 Å². The molecule has 6 nitrogen and oxygen atoms in total. The summed E-state index contributed by atoms with van der Waals surface area (Å²) in [6.45, 7) is 2.46. The van der Waals surface area contributed by atoms with Gasteiger partial charge in [-0.2, -0.15) is 4.37 Å². The third-order valence-corrected chi connectivity index (χ3v) is 3.46. The highest BCUT2D eigenvalue weighted by Crippen LogP contribution is 2.38. The number of nitrogens with one attached hydrogen (secondary N) is 1. The van der Waals surface area contributed by atoms with Crippen LogP contribution in [0.4, 0.5) is 5.13 Å². The molecule has 20 heavy (non-hydrogen) atoms. The van der Waals surface area contributed by atoms with Crippen LogP contribution in [-0.4, -0.2) is 30.7 Å². The Labute approximate surface area is 121 Å². The topological polar surface area (TPSA) is 65.5 Å². The Bertz CT molecular complexity index is 561. The normalized spacial score (nSPS) is 10.2. The number of benzene rings is 1. The summed E-state index contributed by atoms with van der Waals surface area (Å²) in [7, 11) is 4.79. The number of nitrogens with zero attached hydrogens (tertiary/aromatic N) is 2. The summed E-state index contributed by atoms with van der Waals surface area (Å²) in [5, 5.41) is 4.00. The molecule has 0 aliphatic carbocycles. The van der Waals surface area contributed by atoms with Crippen molar-refractivity contribution < 1.29 is 14.2 Å². The van der Waals surface area contributed by atoms with Gasteiger partial charge in [0.25, 0.3) is 0 Å². The van der Waals surface area contributed by atoms with E-state index in [4.69, 9.17) is 14.2 Å². The first-order valence-corrected chi connectivity index (χ1v) is 6.78. The minimum absolute atomic E-state index is 0.588. The standard InChI is InChI=1S/C13H17N3O3S/c1-8-15-13(20-16-8)14-7-9-5-10(17-2)12(19-4)11(6-9)18-3/h5-6H,7H2,1-4H3,(H,14,15,16). The van der Waals surface area contributed by atoms with Crippen LogP contribution in [0, 0.1) is 6.92 Å². The zero-order valence-electron chi connectivity index (χ0n) is 11.9. The Morgan fingerprint density at radius 2 is 1.75 bits per heavy atom. The Balaban J connectivity index is 2.19. The van der Waals surface area contributed by atoms with E-state index in [1.165, 1.54) is 11.5 Å². The second kappa shape index (κ2) is 6.42. The lowest BCUT2D eigenvalue weighted by molar-refractivity contribution is 0.324. The Morgan fingerprint density at radius 3 is 2.20 bits per heavy atom. The Kier molecular flexibility index (Phi) is 4.62. The number of methoxy groups -OCH3 is 3. The number of hydrogen-bond acceptors (Lipinski definition) is 7. The smallest absolute Gasteiger partial charge is 0.203 e. The molecule has 1 aromatic carbocycles. The summed E-state index contributed by atoms with van der Waals surface area (Å²) in [6.07, 6.45) is 0. The van der Waals surface area contributed by atoms with Crippen molar-refractivity contribution in [3.05, 3.63) is 23.5 Å². The van der Waals surface area contributed by atoms with E-state index in [0.717, 1.165) is 16.5 Å². The van der Waals surface area contributed by atoms with Gasteiger partial charge in [-0.1, -0.05) is 0 Å². The molecule has 2 rings (SSSR count). The minimum atomic E-state index is 0.588. The van der Waals surface area contributed by atoms with Crippen LogP contribution in [0.3, 0.4) is 0 Å². The van der Waals surface area contributed by atoms with Crippen LogP contribution in [0.1, 0.15) is 11.4 Å². The number of hydrogen-bond donors (Lipinski definition) is 1. The highest BCUT2D eigenvalue weighted by atomic mass is 32.1. The van der Waals surface area contributed by atoms with Gasteiger partial charge in [0.15, 0.2) is 11.5 Å². The van der Waals surface area contributed by atoms with E-state index in [0.29, 0.717) is 23.8 Å². The predicted molar refractivity (Wildman–Crippen MR) is 78.1 cm³/mol. The molecule has 1 heterocycles. The minimum Gasteiger partial charge on any atom is -0.493 e. The summed E-state index contributed by atoms with van der Waals surface area (Å²) < 4.78 is 20.0. The fraction of sp³-hybridized carbons (Fsp3) is 0.385. The largest absolute Gasteiger partial charge is 0.493 e. The predicted octanol–water partition coefficient (Wildman–Crippen LogP) is 2.48. The van der Waals surface area contributed by atoms with E-state index in [1.54, 1.807) is 21.3 Å². The fourth-order valence-electron chi connectivity index (χ4n) is 1.78. The van der Waals surface area contributed by atoms with Crippen LogP contribution in [0.25, 0.3) is 0 Å². The van der Waals surface area contributed by atoms with Gasteiger partial charge in [-0.25, -0.2) is 4.98 Å². The molecule has 0 aliphatic rings. The van der Waals surface area contributed by atoms with Gasteiger partial charge < -0.3 is 19.5 Å². The average Bonchev–Trinajstić information content (AvgIpc) is 2.89. The number of anilines is 1. The average molecular weight is 295 g/mol. The first-order chi connectivity index (χ1) is 9.67. The van der Waals surface area contributed by atoms with Crippen molar-refractivity contribution in [2.45, 2.75) is 13.5 Å². The maximum Gasteiger partial charge on any atom is 0.203 e. The first kappa shape index (κ1) is 14.4. The number of aryl methyl sites for hydroxylation is 1. The molecule has 0 unspecified atom stereocenters. The zero-order chi connectivity index (χ0) is 14.5. The van der Waals surface area contributed by atoms with Crippen LogP contribution in [0.5, 0.6) is 17.2 Å². The molecule has 0 amide bonds. The molecular weight excluding hydrogens is 278 g/mol. The molecule has 0 atom stereocenters. The maximum atomic E-state index is 5.32. The van der Waals surface area contributed by atoms with Crippen LogP contribution in [0.2, 0.25) is 0 Å². The summed E-state index contributed by atoms with van der Waals surface area (Å²) >= 11 is 1.34. The molecule has 0 bridgehead atoms. The molecule has 0 radical (unpaired) electrons. The lowest BCUT2D eigenvalue weighted by Crippen LogP contribution is -2.02. The third kappa shape index (κ3) is 3.11. The second-order valence-electron chi connectivity index (χ2n) is 4.03. The van der Waals surface area contributed by atoms with Gasteiger partial charge in [0.1, 0.15) is 5.82 Å². The SMILES string of the molecule is COc1cc(CNc2nc(C)ns2)cc(OC)c1OC. The van der Waals surface area contributed by atoms with E-state index < -0.39 is 0 Å². The van der Waals surface area contributed by atoms with E-state index in [9.17, 15) is 0 Å². The summed E-state index contributed by atoms with van der Waals surface area (Å²) in [5.74, 6) is 2.63. The van der Waals surface area contributed by atoms with Crippen molar-refractivity contribution in [1.29, 1.82) is 0 Å². The summed E-state index contributed by atoms with van der Waals surface area (Å²) in [4.78, 5) is 4.25. The van der Waals surface area contributed by atoms with E-state index in [1.807, 2.05) is 19.1 Å². The van der Waals surface area contributed by atoms with Crippen molar-refractivity contribution >= 4 is 16.7 Å². The van der Waals surface area contributed by atoms with E-state index >= 15 is 0 Å². The highest BCUT2D eigenvalue weighted by Gasteiger charge is 2.13. The van der Waals surface area contributed by atoms with Crippen molar-refractivity contribution in [2.75, 3.05) is 26.6 Å². The van der Waals surface area contributed by atoms with Crippen LogP contribution in [-0.2, 0) is 6.54 Å². The molecule has 1 aromatic heterocycles. The fourth-order valence-corrected chi connectivity index (χ4v) is 2.35. The third-order valence-electron chi connectivity index (χ3n) is 2.70. The molecule has 7 heteroatoms. The van der Waals surface area contributed by atoms with Gasteiger partial charge in [-0.3, -0.25) is 0 Å². The molecule has 0 saturated carbocycles. The lowest BCUT2D eigenvalue weighted by Gasteiger charge is -2.14. The monoisotopic (exact) mass is 295 g/mol. The first-order valence-electron chi connectivity index (χ1n) is 6.01. The molecule has 108 valence electrons. The van der Waals surface area contributed by atoms with Crippen molar-refractivity contribution in [2.24, 2.45) is 0 Å². The Morgan fingerprint density at radius 1 is 1.10 bits per heavy atom. The number of ether oxygens (including phenoxy) is 3. The van der Waals surface area contributed by atoms with Crippen LogP contribution in [0.15, 0.2) is 12.1 Å². The molecule has 2 aromatic rings. The van der Waals surface area contributed by atoms with Gasteiger partial charge in [-0.15, -0.1) is 0 Å². The van der Waals surface area contributed by atoms with Crippen LogP contribution >= 0.6 is 11.5 Å². The molecule has 0 fully saturated rings. The zero-order valence-corrected chi connectivity index (χ0v) is 12.7. The second-order valence-corrected chi connectivity index (χ2v) is 4.79. The van der Waals surface area contributed by atoms with E-state index in [-0.39, 0.29) is 0 Å². The van der Waals surface area contributed by atoms with Crippen molar-refractivity contribution in [3.63, 3.8) is 0 Å². The summed E-state index contributed by atoms with van der Waals surface area (Å²) in [6, 6.07) is 3.81. The highest BCUT2D eigenvalue weighted by molar-refractivity contribution is 7.09. The molecule has 0 saturated heterocycles. The van der Waals surface area contributed by atoms with Crippen LogP contribution < -0.4 is 19.5 Å². The van der Waals surface area contributed by atoms with Gasteiger partial charge >= 0.3 is 0 Å². The number of aromatic nitrogens is 2. The summed E-state index contributed by atoms with van der Waals surface area (Å²) in [5.41, 5.74) is 1.01. The van der Waals surface area contributed by atoms with Gasteiger partial charge in [0, 0.05) is 18.1 Å².